The maximum Gasteiger partial charge on any atom is 0.517 e. The molecule has 0 atom stereocenters. The molecule has 1 aliphatic heterocycles. The molecule has 12 heteroatoms. The summed E-state index contributed by atoms with van der Waals surface area (Å²) in [6, 6.07) is 7.46. The monoisotopic (exact) mass is 458 g/mol. The van der Waals surface area contributed by atoms with E-state index in [1.54, 1.807) is 22.9 Å². The zero-order valence-electron chi connectivity index (χ0n) is 17.4. The molecule has 11 nitrogen and oxygen atoms in total. The first kappa shape index (κ1) is 21.7. The van der Waals surface area contributed by atoms with Crippen LogP contribution in [0.25, 0.3) is 5.69 Å². The Morgan fingerprint density at radius 2 is 1.97 bits per heavy atom. The number of amides is 1. The molecule has 168 valence electrons. The molecule has 0 unspecified atom stereocenters. The standard InChI is InChI=1S/C20H22N6O5S/c1-2-29-20(28)31-19(27)25-9-7-14(8-10-25)18-22-15(12-32-18)11-30-17-5-3-16(4-6-17)26-13-21-23-24-26/h3-6,12-14H,2,7-11H2,1H3. The van der Waals surface area contributed by atoms with Crippen LogP contribution in [0.5, 0.6) is 5.75 Å². The fourth-order valence-electron chi connectivity index (χ4n) is 3.30. The number of nitrogens with zero attached hydrogens (tertiary/aromatic N) is 6. The molecule has 3 aromatic rings. The average molecular weight is 459 g/mol. The first-order valence-electron chi connectivity index (χ1n) is 10.2. The van der Waals surface area contributed by atoms with E-state index < -0.39 is 12.2 Å². The fraction of sp³-hybridized carbons (Fsp3) is 0.400. The molecule has 1 aromatic carbocycles. The Kier molecular flexibility index (Phi) is 6.90. The quantitative estimate of drug-likeness (QED) is 0.405. The Morgan fingerprint density at radius 1 is 1.19 bits per heavy atom. The third-order valence-electron chi connectivity index (χ3n) is 4.94. The topological polar surface area (TPSA) is 122 Å². The molecule has 1 amide bonds. The first-order valence-corrected chi connectivity index (χ1v) is 11.0. The van der Waals surface area contributed by atoms with Crippen LogP contribution in [-0.4, -0.2) is 62.0 Å². The number of hydrogen-bond donors (Lipinski definition) is 0. The van der Waals surface area contributed by atoms with E-state index in [2.05, 4.69) is 25.0 Å². The molecule has 4 rings (SSSR count). The van der Waals surface area contributed by atoms with Gasteiger partial charge in [-0.2, -0.15) is 0 Å². The summed E-state index contributed by atoms with van der Waals surface area (Å²) in [6.45, 7) is 3.19. The smallest absolute Gasteiger partial charge is 0.487 e. The Morgan fingerprint density at radius 3 is 2.66 bits per heavy atom. The van der Waals surface area contributed by atoms with Gasteiger partial charge in [-0.3, -0.25) is 0 Å². The lowest BCUT2D eigenvalue weighted by molar-refractivity contribution is 0.0595. The normalized spacial score (nSPS) is 14.2. The highest BCUT2D eigenvalue weighted by atomic mass is 32.1. The van der Waals surface area contributed by atoms with Crippen molar-refractivity contribution in [2.24, 2.45) is 0 Å². The SMILES string of the molecule is CCOC(=O)OC(=O)N1CCC(c2nc(COc3ccc(-n4cnnn4)cc3)cs2)CC1. The van der Waals surface area contributed by atoms with E-state index in [-0.39, 0.29) is 12.5 Å². The van der Waals surface area contributed by atoms with Gasteiger partial charge >= 0.3 is 12.2 Å². The predicted octanol–water partition coefficient (Wildman–Crippen LogP) is 3.17. The number of hydrogen-bond acceptors (Lipinski definition) is 10. The van der Waals surface area contributed by atoms with E-state index in [1.807, 2.05) is 29.6 Å². The van der Waals surface area contributed by atoms with Crippen molar-refractivity contribution in [1.29, 1.82) is 0 Å². The third kappa shape index (κ3) is 5.38. The second-order valence-corrected chi connectivity index (χ2v) is 7.92. The molecule has 0 radical (unpaired) electrons. The number of rotatable bonds is 6. The zero-order valence-corrected chi connectivity index (χ0v) is 18.2. The van der Waals surface area contributed by atoms with Crippen LogP contribution in [0.4, 0.5) is 9.59 Å². The Labute approximate surface area is 187 Å². The number of piperidine rings is 1. The number of benzene rings is 1. The number of ether oxygens (including phenoxy) is 3. The molecule has 0 N–H and O–H groups in total. The first-order chi connectivity index (χ1) is 15.6. The number of carbonyl (C=O) groups excluding carboxylic acids is 2. The van der Waals surface area contributed by atoms with Gasteiger partial charge in [-0.1, -0.05) is 0 Å². The Balaban J connectivity index is 1.25. The van der Waals surface area contributed by atoms with Crippen LogP contribution in [0.15, 0.2) is 36.0 Å². The van der Waals surface area contributed by atoms with E-state index in [9.17, 15) is 9.59 Å². The van der Waals surface area contributed by atoms with Gasteiger partial charge in [0, 0.05) is 24.4 Å². The van der Waals surface area contributed by atoms with Crippen molar-refractivity contribution in [3.8, 4) is 11.4 Å². The molecule has 0 spiro atoms. The molecule has 1 fully saturated rings. The third-order valence-corrected chi connectivity index (χ3v) is 6.00. The Bertz CT molecular complexity index is 1030. The lowest BCUT2D eigenvalue weighted by Crippen LogP contribution is -2.39. The van der Waals surface area contributed by atoms with E-state index in [0.717, 1.165) is 35.0 Å². The van der Waals surface area contributed by atoms with Gasteiger partial charge in [0.25, 0.3) is 0 Å². The van der Waals surface area contributed by atoms with Crippen LogP contribution in [0.2, 0.25) is 0 Å². The lowest BCUT2D eigenvalue weighted by Gasteiger charge is -2.29. The van der Waals surface area contributed by atoms with Crippen molar-refractivity contribution in [3.05, 3.63) is 46.7 Å². The summed E-state index contributed by atoms with van der Waals surface area (Å²) < 4.78 is 16.7. The highest BCUT2D eigenvalue weighted by molar-refractivity contribution is 7.09. The van der Waals surface area contributed by atoms with Crippen LogP contribution in [0, 0.1) is 0 Å². The largest absolute Gasteiger partial charge is 0.517 e. The summed E-state index contributed by atoms with van der Waals surface area (Å²) in [6.07, 6.45) is 1.41. The van der Waals surface area contributed by atoms with Crippen molar-refractivity contribution in [2.75, 3.05) is 19.7 Å². The van der Waals surface area contributed by atoms with Gasteiger partial charge in [-0.25, -0.2) is 19.3 Å². The summed E-state index contributed by atoms with van der Waals surface area (Å²) in [7, 11) is 0. The van der Waals surface area contributed by atoms with Gasteiger partial charge in [0.1, 0.15) is 18.7 Å². The van der Waals surface area contributed by atoms with Crippen molar-refractivity contribution >= 4 is 23.6 Å². The second kappa shape index (κ2) is 10.2. The summed E-state index contributed by atoms with van der Waals surface area (Å²) in [4.78, 5) is 29.5. The maximum atomic E-state index is 12.0. The number of carbonyl (C=O) groups is 2. The molecular formula is C20H22N6O5S. The molecule has 0 aliphatic carbocycles. The van der Waals surface area contributed by atoms with E-state index >= 15 is 0 Å². The number of thiazole rings is 1. The van der Waals surface area contributed by atoms with Crippen molar-refractivity contribution < 1.29 is 23.8 Å². The Hall–Kier alpha value is -3.54. The van der Waals surface area contributed by atoms with Gasteiger partial charge in [-0.05, 0) is 54.5 Å². The van der Waals surface area contributed by atoms with Crippen molar-refractivity contribution in [1.82, 2.24) is 30.1 Å². The van der Waals surface area contributed by atoms with Crippen LogP contribution in [-0.2, 0) is 16.1 Å². The van der Waals surface area contributed by atoms with Crippen molar-refractivity contribution in [2.45, 2.75) is 32.3 Å². The van der Waals surface area contributed by atoms with Gasteiger partial charge < -0.3 is 19.1 Å². The molecule has 1 aliphatic rings. The lowest BCUT2D eigenvalue weighted by atomic mass is 9.98. The molecule has 0 saturated carbocycles. The van der Waals surface area contributed by atoms with Gasteiger partial charge in [0.05, 0.1) is 23.0 Å². The minimum Gasteiger partial charge on any atom is -0.487 e. The summed E-state index contributed by atoms with van der Waals surface area (Å²) in [5.41, 5.74) is 1.70. The van der Waals surface area contributed by atoms with E-state index in [0.29, 0.717) is 19.7 Å². The molecule has 2 aromatic heterocycles. The van der Waals surface area contributed by atoms with Crippen molar-refractivity contribution in [3.63, 3.8) is 0 Å². The predicted molar refractivity (Wildman–Crippen MR) is 113 cm³/mol. The summed E-state index contributed by atoms with van der Waals surface area (Å²) >= 11 is 1.59. The van der Waals surface area contributed by atoms with Crippen LogP contribution < -0.4 is 4.74 Å². The second-order valence-electron chi connectivity index (χ2n) is 7.03. The summed E-state index contributed by atoms with van der Waals surface area (Å²) in [5.74, 6) is 0.987. The van der Waals surface area contributed by atoms with Crippen LogP contribution >= 0.6 is 11.3 Å². The summed E-state index contributed by atoms with van der Waals surface area (Å²) in [5, 5.41) is 14.1. The highest BCUT2D eigenvalue weighted by Gasteiger charge is 2.28. The van der Waals surface area contributed by atoms with E-state index in [1.165, 1.54) is 11.2 Å². The maximum absolute atomic E-state index is 12.0. The fourth-order valence-corrected chi connectivity index (χ4v) is 4.28. The zero-order chi connectivity index (χ0) is 22.3. The van der Waals surface area contributed by atoms with Crippen LogP contribution in [0.1, 0.15) is 36.4 Å². The average Bonchev–Trinajstić information content (AvgIpc) is 3.51. The molecule has 0 bridgehead atoms. The van der Waals surface area contributed by atoms with E-state index in [4.69, 9.17) is 9.72 Å². The van der Waals surface area contributed by atoms with Gasteiger partial charge in [0.15, 0.2) is 0 Å². The number of aromatic nitrogens is 5. The minimum absolute atomic E-state index is 0.163. The molecule has 1 saturated heterocycles. The molecule has 3 heterocycles. The highest BCUT2D eigenvalue weighted by Crippen LogP contribution is 2.31. The number of likely N-dealkylation sites (tertiary alicyclic amines) is 1. The number of tetrazole rings is 1. The van der Waals surface area contributed by atoms with Gasteiger partial charge in [-0.15, -0.1) is 16.4 Å². The van der Waals surface area contributed by atoms with Gasteiger partial charge in [0.2, 0.25) is 0 Å². The minimum atomic E-state index is -0.964. The molecule has 32 heavy (non-hydrogen) atoms. The van der Waals surface area contributed by atoms with Crippen LogP contribution in [0.3, 0.4) is 0 Å². The molecular weight excluding hydrogens is 436 g/mol.